The molecule has 0 radical (unpaired) electrons. The summed E-state index contributed by atoms with van der Waals surface area (Å²) in [6.07, 6.45) is 1.63. The molecule has 0 bridgehead atoms. The van der Waals surface area contributed by atoms with Crippen molar-refractivity contribution in [2.24, 2.45) is 0 Å². The van der Waals surface area contributed by atoms with Gasteiger partial charge in [-0.1, -0.05) is 42.0 Å². The van der Waals surface area contributed by atoms with E-state index in [2.05, 4.69) is 15.9 Å². The molecule has 0 spiro atoms. The second kappa shape index (κ2) is 11.5. The molecule has 196 valence electrons. The van der Waals surface area contributed by atoms with Gasteiger partial charge in [-0.25, -0.2) is 8.42 Å². The van der Waals surface area contributed by atoms with E-state index in [1.54, 1.807) is 59.5 Å². The number of hydrogen-bond donors (Lipinski definition) is 0. The first kappa shape index (κ1) is 28.8. The summed E-state index contributed by atoms with van der Waals surface area (Å²) in [6, 6.07) is 18.5. The largest absolute Gasteiger partial charge is 1.00 e. The Morgan fingerprint density at radius 2 is 1.67 bits per heavy atom. The van der Waals surface area contributed by atoms with Crippen LogP contribution in [0.3, 0.4) is 0 Å². The van der Waals surface area contributed by atoms with E-state index >= 15 is 0 Å². The predicted molar refractivity (Wildman–Crippen MR) is 146 cm³/mol. The third kappa shape index (κ3) is 4.98. The minimum Gasteiger partial charge on any atom is -0.493 e. The number of hydrogen-bond acceptors (Lipinski definition) is 6. The predicted octanol–water partition coefficient (Wildman–Crippen LogP) is 1.75. The fourth-order valence-corrected chi connectivity index (χ4v) is 6.85. The van der Waals surface area contributed by atoms with Crippen LogP contribution in [-0.4, -0.2) is 56.3 Å². The number of fused-ring (bicyclic) bond motifs is 3. The molecule has 0 saturated carbocycles. The number of carbonyl (C=O) groups excluding carboxylic acids is 2. The average molecular weight is 603 g/mol. The monoisotopic (exact) mass is 602 g/mol. The third-order valence-corrected chi connectivity index (χ3v) is 8.97. The first-order valence-corrected chi connectivity index (χ1v) is 14.0. The van der Waals surface area contributed by atoms with Gasteiger partial charge in [0.05, 0.1) is 24.7 Å². The van der Waals surface area contributed by atoms with E-state index in [-0.39, 0.29) is 66.2 Å². The van der Waals surface area contributed by atoms with Gasteiger partial charge in [-0.3, -0.25) is 4.79 Å². The summed E-state index contributed by atoms with van der Waals surface area (Å²) in [5.41, 5.74) is 1.38. The molecule has 1 aliphatic heterocycles. The summed E-state index contributed by atoms with van der Waals surface area (Å²) in [7, 11) is -1.11. The van der Waals surface area contributed by atoms with E-state index in [9.17, 15) is 18.0 Å². The van der Waals surface area contributed by atoms with Crippen molar-refractivity contribution >= 4 is 48.5 Å². The quantitative estimate of drug-likeness (QED) is 0.255. The smallest absolute Gasteiger partial charge is 0.493 e. The molecule has 0 aliphatic carbocycles. The van der Waals surface area contributed by atoms with Gasteiger partial charge >= 0.3 is 18.9 Å². The summed E-state index contributed by atoms with van der Waals surface area (Å²) >= 11 is 3.44. The molecule has 2 heterocycles. The van der Waals surface area contributed by atoms with Crippen molar-refractivity contribution < 1.29 is 46.3 Å². The molecule has 0 fully saturated rings. The van der Waals surface area contributed by atoms with Crippen molar-refractivity contribution in [3.8, 4) is 11.5 Å². The number of nitrogens with zero attached hydrogens (tertiary/aromatic N) is 2. The number of halogens is 1. The number of rotatable bonds is 5. The number of ketones is 1. The van der Waals surface area contributed by atoms with Crippen LogP contribution in [0.5, 0.6) is 11.5 Å². The van der Waals surface area contributed by atoms with E-state index in [1.807, 2.05) is 0 Å². The molecule has 1 aromatic heterocycles. The molecule has 1 aliphatic rings. The topological polar surface area (TPSA) is 94.9 Å². The van der Waals surface area contributed by atoms with Crippen LogP contribution in [0.4, 0.5) is 0 Å². The maximum atomic E-state index is 13.8. The SMILES string of the molecule is COc1ccc(Br)c(C(=O)N2C[CH-]C(=O)c3c(c4ccccc4n3S(=O)(=O)c3ccccc3)CC2)c1OC.[Li+]. The van der Waals surface area contributed by atoms with Crippen molar-refractivity contribution in [3.63, 3.8) is 0 Å². The van der Waals surface area contributed by atoms with Gasteiger partial charge in [0.1, 0.15) is 0 Å². The maximum absolute atomic E-state index is 13.8. The second-order valence-electron chi connectivity index (χ2n) is 8.65. The summed E-state index contributed by atoms with van der Waals surface area (Å²) < 4.78 is 40.0. The molecule has 0 unspecified atom stereocenters. The van der Waals surface area contributed by atoms with Crippen LogP contribution in [-0.2, 0) is 16.4 Å². The second-order valence-corrected chi connectivity index (χ2v) is 11.3. The van der Waals surface area contributed by atoms with E-state index in [1.165, 1.54) is 32.8 Å². The van der Waals surface area contributed by atoms with Crippen molar-refractivity contribution in [2.75, 3.05) is 27.3 Å². The van der Waals surface area contributed by atoms with Crippen molar-refractivity contribution in [1.29, 1.82) is 0 Å². The minimum absolute atomic E-state index is 0. The zero-order chi connectivity index (χ0) is 27.0. The van der Waals surface area contributed by atoms with Gasteiger partial charge in [0.15, 0.2) is 11.5 Å². The fourth-order valence-electron chi connectivity index (χ4n) is 4.80. The molecule has 3 aromatic carbocycles. The van der Waals surface area contributed by atoms with E-state index in [0.717, 1.165) is 3.97 Å². The van der Waals surface area contributed by atoms with Crippen LogP contribution in [0.1, 0.15) is 26.4 Å². The number of benzene rings is 3. The summed E-state index contributed by atoms with van der Waals surface area (Å²) in [6.45, 7) is 0.249. The Kier molecular flexibility index (Phi) is 8.52. The Hall–Kier alpha value is -3.16. The third-order valence-electron chi connectivity index (χ3n) is 6.58. The normalized spacial score (nSPS) is 13.5. The standard InChI is InChI=1S/C28H24BrN2O6S.Li/c1-36-24-13-12-21(29)25(27(24)37-2)28(33)30-16-14-20-19-10-6-7-11-22(19)31(26(20)23(32)15-17-30)38(34,35)18-8-4-3-5-9-18;/h3-13,15H,14,16-17H2,1-2H3;/q-1;+1. The van der Waals surface area contributed by atoms with Gasteiger partial charge in [0.2, 0.25) is 0 Å². The first-order chi connectivity index (χ1) is 18.3. The Morgan fingerprint density at radius 1 is 0.974 bits per heavy atom. The molecular formula is C28H24BrLiN2O6S. The zero-order valence-electron chi connectivity index (χ0n) is 21.7. The molecule has 0 saturated heterocycles. The average Bonchev–Trinajstić information content (AvgIpc) is 3.26. The Bertz CT molecular complexity index is 1670. The molecular weight excluding hydrogens is 579 g/mol. The maximum Gasteiger partial charge on any atom is 1.00 e. The number of para-hydroxylation sites is 1. The van der Waals surface area contributed by atoms with Gasteiger partial charge in [-0.05, 0) is 70.3 Å². The van der Waals surface area contributed by atoms with Gasteiger partial charge in [0.25, 0.3) is 15.9 Å². The molecule has 5 rings (SSSR count). The minimum atomic E-state index is -4.06. The van der Waals surface area contributed by atoms with Gasteiger partial charge in [-0.15, -0.1) is 0 Å². The van der Waals surface area contributed by atoms with Crippen LogP contribution in [0.25, 0.3) is 10.9 Å². The number of Topliss-reactive ketones (excluding diaryl/α,β-unsaturated/α-hetero) is 1. The Labute approximate surface area is 247 Å². The summed E-state index contributed by atoms with van der Waals surface area (Å²) in [5.74, 6) is -0.125. The van der Waals surface area contributed by atoms with Crippen LogP contribution in [0, 0.1) is 6.42 Å². The fraction of sp³-hybridized carbons (Fsp3) is 0.179. The van der Waals surface area contributed by atoms with Gasteiger partial charge in [-0.2, -0.15) is 6.42 Å². The molecule has 4 aromatic rings. The number of ether oxygens (including phenoxy) is 2. The Morgan fingerprint density at radius 3 is 2.36 bits per heavy atom. The van der Waals surface area contributed by atoms with Crippen LogP contribution in [0.15, 0.2) is 76.1 Å². The van der Waals surface area contributed by atoms with Crippen LogP contribution < -0.4 is 28.3 Å². The number of aromatic nitrogens is 1. The Balaban J connectivity index is 0.00000353. The molecule has 0 atom stereocenters. The van der Waals surface area contributed by atoms with Crippen LogP contribution in [0.2, 0.25) is 0 Å². The molecule has 0 N–H and O–H groups in total. The molecule has 1 amide bonds. The summed E-state index contributed by atoms with van der Waals surface area (Å²) in [4.78, 5) is 28.9. The number of amides is 1. The van der Waals surface area contributed by atoms with E-state index in [4.69, 9.17) is 9.47 Å². The summed E-state index contributed by atoms with van der Waals surface area (Å²) in [5, 5.41) is 0.651. The van der Waals surface area contributed by atoms with E-state index in [0.29, 0.717) is 26.7 Å². The first-order valence-electron chi connectivity index (χ1n) is 11.8. The molecule has 8 nitrogen and oxygen atoms in total. The van der Waals surface area contributed by atoms with Gasteiger partial charge in [0, 0.05) is 22.3 Å². The zero-order valence-corrected chi connectivity index (χ0v) is 24.1. The van der Waals surface area contributed by atoms with E-state index < -0.39 is 15.8 Å². The van der Waals surface area contributed by atoms with Crippen molar-refractivity contribution in [1.82, 2.24) is 8.87 Å². The number of methoxy groups -OCH3 is 2. The molecule has 11 heteroatoms. The van der Waals surface area contributed by atoms with Crippen LogP contribution >= 0.6 is 15.9 Å². The number of carbonyl (C=O) groups is 2. The molecule has 39 heavy (non-hydrogen) atoms. The van der Waals surface area contributed by atoms with Gasteiger partial charge < -0.3 is 23.1 Å². The van der Waals surface area contributed by atoms with Crippen molar-refractivity contribution in [3.05, 3.63) is 94.4 Å². The van der Waals surface area contributed by atoms with Crippen molar-refractivity contribution in [2.45, 2.75) is 11.3 Å².